The number of nitrogens with two attached hydrogens (primary N) is 1. The van der Waals surface area contributed by atoms with E-state index in [1.54, 1.807) is 0 Å². The first-order valence-electron chi connectivity index (χ1n) is 3.30. The van der Waals surface area contributed by atoms with Gasteiger partial charge in [-0.3, -0.25) is 0 Å². The Kier molecular flexibility index (Phi) is 5.93. The normalized spacial score (nSPS) is 13.7. The minimum absolute atomic E-state index is 0.154. The molecule has 0 spiro atoms. The third kappa shape index (κ3) is 5.76. The van der Waals surface area contributed by atoms with E-state index in [9.17, 15) is 0 Å². The van der Waals surface area contributed by atoms with E-state index in [0.29, 0.717) is 25.8 Å². The van der Waals surface area contributed by atoms with E-state index < -0.39 is 0 Å². The molecule has 0 aliphatic heterocycles. The molecule has 0 radical (unpaired) electrons. The van der Waals surface area contributed by atoms with Crippen LogP contribution in [0.2, 0.25) is 0 Å². The third-order valence-corrected chi connectivity index (χ3v) is 1.20. The van der Waals surface area contributed by atoms with Crippen molar-refractivity contribution in [3.8, 4) is 0 Å². The van der Waals surface area contributed by atoms with E-state index in [0.717, 1.165) is 0 Å². The molecule has 9 heavy (non-hydrogen) atoms. The molecule has 0 aliphatic rings. The lowest BCUT2D eigenvalue weighted by molar-refractivity contribution is 0.143. The summed E-state index contributed by atoms with van der Waals surface area (Å²) in [4.78, 5) is 0. The van der Waals surface area contributed by atoms with Crippen LogP contribution in [0.1, 0.15) is 19.3 Å². The first-order valence-corrected chi connectivity index (χ1v) is 3.30. The number of aliphatic hydroxyl groups excluding tert-OH is 2. The van der Waals surface area contributed by atoms with E-state index in [1.807, 2.05) is 0 Å². The Hall–Kier alpha value is -0.120. The number of rotatable bonds is 5. The molecule has 0 aromatic rings. The predicted octanol–water partition coefficient (Wildman–Crippen LogP) is -0.531. The average molecular weight is 133 g/mol. The lowest BCUT2D eigenvalue weighted by Crippen LogP contribution is -2.13. The first kappa shape index (κ1) is 8.88. The summed E-state index contributed by atoms with van der Waals surface area (Å²) in [7, 11) is 0. The zero-order valence-electron chi connectivity index (χ0n) is 5.58. The van der Waals surface area contributed by atoms with E-state index in [1.165, 1.54) is 0 Å². The molecule has 3 heteroatoms. The molecule has 4 N–H and O–H groups in total. The van der Waals surface area contributed by atoms with Crippen molar-refractivity contribution < 1.29 is 10.2 Å². The van der Waals surface area contributed by atoms with Crippen LogP contribution >= 0.6 is 0 Å². The molecule has 0 saturated carbocycles. The summed E-state index contributed by atoms with van der Waals surface area (Å²) >= 11 is 0. The molecule has 0 aromatic carbocycles. The van der Waals surface area contributed by atoms with Crippen LogP contribution in [0, 0.1) is 0 Å². The Morgan fingerprint density at radius 1 is 1.33 bits per heavy atom. The van der Waals surface area contributed by atoms with E-state index >= 15 is 0 Å². The fourth-order valence-corrected chi connectivity index (χ4v) is 0.664. The molecule has 0 saturated heterocycles. The fraction of sp³-hybridized carbons (Fsp3) is 1.00. The van der Waals surface area contributed by atoms with Gasteiger partial charge in [0.1, 0.15) is 0 Å². The van der Waals surface area contributed by atoms with Gasteiger partial charge in [0.15, 0.2) is 0 Å². The summed E-state index contributed by atoms with van der Waals surface area (Å²) in [5.74, 6) is 0. The van der Waals surface area contributed by atoms with Crippen molar-refractivity contribution in [1.29, 1.82) is 0 Å². The smallest absolute Gasteiger partial charge is 0.0553 e. The maximum atomic E-state index is 8.99. The Bertz CT molecular complexity index is 59.0. The minimum Gasteiger partial charge on any atom is -0.396 e. The molecule has 1 atom stereocenters. The van der Waals surface area contributed by atoms with Crippen LogP contribution in [0.4, 0.5) is 0 Å². The van der Waals surface area contributed by atoms with Gasteiger partial charge in [0, 0.05) is 6.61 Å². The van der Waals surface area contributed by atoms with Crippen LogP contribution in [0.5, 0.6) is 0 Å². The monoisotopic (exact) mass is 133 g/mol. The van der Waals surface area contributed by atoms with Gasteiger partial charge in [0.2, 0.25) is 0 Å². The molecule has 0 fully saturated rings. The van der Waals surface area contributed by atoms with Gasteiger partial charge in [0.25, 0.3) is 0 Å². The summed E-state index contributed by atoms with van der Waals surface area (Å²) in [6.45, 7) is 0.675. The molecule has 3 nitrogen and oxygen atoms in total. The molecule has 0 rings (SSSR count). The highest BCUT2D eigenvalue weighted by Gasteiger charge is 1.99. The highest BCUT2D eigenvalue weighted by atomic mass is 16.3. The zero-order chi connectivity index (χ0) is 7.11. The summed E-state index contributed by atoms with van der Waals surface area (Å²) in [5.41, 5.74) is 5.18. The minimum atomic E-state index is -0.317. The van der Waals surface area contributed by atoms with Crippen molar-refractivity contribution in [2.45, 2.75) is 25.4 Å². The second-order valence-electron chi connectivity index (χ2n) is 2.10. The lowest BCUT2D eigenvalue weighted by atomic mass is 10.1. The van der Waals surface area contributed by atoms with Crippen molar-refractivity contribution in [2.24, 2.45) is 5.73 Å². The SMILES string of the molecule is NCC[C@H](O)CCCO. The van der Waals surface area contributed by atoms with Gasteiger partial charge in [-0.2, -0.15) is 0 Å². The van der Waals surface area contributed by atoms with Crippen molar-refractivity contribution >= 4 is 0 Å². The Morgan fingerprint density at radius 2 is 2.00 bits per heavy atom. The fourth-order valence-electron chi connectivity index (χ4n) is 0.664. The molecule has 0 heterocycles. The van der Waals surface area contributed by atoms with Crippen molar-refractivity contribution in [3.63, 3.8) is 0 Å². The van der Waals surface area contributed by atoms with Crippen LogP contribution in [0.3, 0.4) is 0 Å². The third-order valence-electron chi connectivity index (χ3n) is 1.20. The molecule has 0 aliphatic carbocycles. The van der Waals surface area contributed by atoms with Crippen molar-refractivity contribution in [3.05, 3.63) is 0 Å². The van der Waals surface area contributed by atoms with Crippen molar-refractivity contribution in [1.82, 2.24) is 0 Å². The molecule has 0 bridgehead atoms. The van der Waals surface area contributed by atoms with E-state index in [-0.39, 0.29) is 12.7 Å². The number of hydrogen-bond donors (Lipinski definition) is 3. The Balaban J connectivity index is 2.95. The highest BCUT2D eigenvalue weighted by Crippen LogP contribution is 1.98. The second-order valence-corrected chi connectivity index (χ2v) is 2.10. The van der Waals surface area contributed by atoms with Crippen LogP contribution in [0.15, 0.2) is 0 Å². The Labute approximate surface area is 55.5 Å². The number of aliphatic hydroxyl groups is 2. The maximum Gasteiger partial charge on any atom is 0.0553 e. The molecule has 0 unspecified atom stereocenters. The van der Waals surface area contributed by atoms with Gasteiger partial charge in [-0.1, -0.05) is 0 Å². The van der Waals surface area contributed by atoms with Gasteiger partial charge >= 0.3 is 0 Å². The number of hydrogen-bond acceptors (Lipinski definition) is 3. The average Bonchev–Trinajstić information content (AvgIpc) is 1.85. The Morgan fingerprint density at radius 3 is 2.44 bits per heavy atom. The van der Waals surface area contributed by atoms with Gasteiger partial charge < -0.3 is 15.9 Å². The van der Waals surface area contributed by atoms with E-state index in [2.05, 4.69) is 0 Å². The second kappa shape index (κ2) is 6.01. The standard InChI is InChI=1S/C6H15NO2/c7-4-3-6(9)2-1-5-8/h6,8-9H,1-5,7H2/t6-/m1/s1. The summed E-state index contributed by atoms with van der Waals surface area (Å²) in [5, 5.41) is 17.3. The summed E-state index contributed by atoms with van der Waals surface area (Å²) < 4.78 is 0. The molecule has 0 amide bonds. The van der Waals surface area contributed by atoms with Gasteiger partial charge in [-0.15, -0.1) is 0 Å². The van der Waals surface area contributed by atoms with Gasteiger partial charge in [0.05, 0.1) is 6.10 Å². The van der Waals surface area contributed by atoms with Gasteiger partial charge in [-0.25, -0.2) is 0 Å². The predicted molar refractivity (Wildman–Crippen MR) is 36.0 cm³/mol. The first-order chi connectivity index (χ1) is 4.31. The van der Waals surface area contributed by atoms with Crippen LogP contribution in [-0.4, -0.2) is 29.5 Å². The quantitative estimate of drug-likeness (QED) is 0.472. The maximum absolute atomic E-state index is 8.99. The van der Waals surface area contributed by atoms with E-state index in [4.69, 9.17) is 15.9 Å². The van der Waals surface area contributed by atoms with Crippen LogP contribution in [0.25, 0.3) is 0 Å². The lowest BCUT2D eigenvalue weighted by Gasteiger charge is -2.05. The highest BCUT2D eigenvalue weighted by molar-refractivity contribution is 4.54. The molecule has 56 valence electrons. The van der Waals surface area contributed by atoms with Crippen LogP contribution < -0.4 is 5.73 Å². The molecule has 0 aromatic heterocycles. The van der Waals surface area contributed by atoms with Gasteiger partial charge in [-0.05, 0) is 25.8 Å². The molecular weight excluding hydrogens is 118 g/mol. The largest absolute Gasteiger partial charge is 0.396 e. The van der Waals surface area contributed by atoms with Crippen LogP contribution in [-0.2, 0) is 0 Å². The topological polar surface area (TPSA) is 66.5 Å². The van der Waals surface area contributed by atoms with Crippen molar-refractivity contribution in [2.75, 3.05) is 13.2 Å². The summed E-state index contributed by atoms with van der Waals surface area (Å²) in [6.07, 6.45) is 1.65. The summed E-state index contributed by atoms with van der Waals surface area (Å²) in [6, 6.07) is 0. The molecular formula is C6H15NO2. The zero-order valence-corrected chi connectivity index (χ0v) is 5.58.